The highest BCUT2D eigenvalue weighted by Gasteiger charge is 2.36. The van der Waals surface area contributed by atoms with Crippen LogP contribution in [0.15, 0.2) is 30.5 Å². The molecule has 2 aromatic rings. The molecule has 1 aromatic carbocycles. The molecule has 148 valence electrons. The Morgan fingerprint density at radius 2 is 2.04 bits per heavy atom. The minimum atomic E-state index is -2.53. The smallest absolute Gasteiger partial charge is 0.250 e. The largest absolute Gasteiger partial charge is 0.370 e. The number of halogens is 2. The normalized spacial score (nSPS) is 25.6. The lowest BCUT2D eigenvalue weighted by atomic mass is 10.0. The van der Waals surface area contributed by atoms with Crippen LogP contribution < -0.4 is 4.90 Å². The summed E-state index contributed by atoms with van der Waals surface area (Å²) in [6.45, 7) is 4.94. The molecule has 0 N–H and O–H groups in total. The molecule has 0 saturated carbocycles. The molecule has 3 heterocycles. The zero-order valence-corrected chi connectivity index (χ0v) is 15.9. The van der Waals surface area contributed by atoms with Crippen LogP contribution in [-0.4, -0.2) is 60.7 Å². The maximum absolute atomic E-state index is 13.4. The van der Waals surface area contributed by atoms with Crippen molar-refractivity contribution in [3.63, 3.8) is 0 Å². The summed E-state index contributed by atoms with van der Waals surface area (Å²) < 4.78 is 32.9. The van der Waals surface area contributed by atoms with Crippen LogP contribution in [-0.2, 0) is 4.74 Å². The lowest BCUT2D eigenvalue weighted by Crippen LogP contribution is -2.52. The Bertz CT molecular complexity index is 888. The van der Waals surface area contributed by atoms with E-state index in [-0.39, 0.29) is 25.0 Å². The Hall–Kier alpha value is -2.30. The van der Waals surface area contributed by atoms with Gasteiger partial charge in [0, 0.05) is 62.8 Å². The van der Waals surface area contributed by atoms with Crippen molar-refractivity contribution in [2.75, 3.05) is 37.6 Å². The van der Waals surface area contributed by atoms with Crippen molar-refractivity contribution in [2.24, 2.45) is 0 Å². The molecule has 28 heavy (non-hydrogen) atoms. The fraction of sp³-hybridized carbons (Fsp3) is 0.524. The molecule has 2 saturated heterocycles. The van der Waals surface area contributed by atoms with Crippen LogP contribution in [0.4, 0.5) is 14.5 Å². The van der Waals surface area contributed by atoms with Crippen LogP contribution in [0.25, 0.3) is 10.9 Å². The molecule has 2 atom stereocenters. The Morgan fingerprint density at radius 1 is 1.25 bits per heavy atom. The number of ether oxygens (including phenoxy) is 1. The van der Waals surface area contributed by atoms with E-state index in [1.807, 2.05) is 31.2 Å². The van der Waals surface area contributed by atoms with Gasteiger partial charge in [0.2, 0.25) is 0 Å². The topological polar surface area (TPSA) is 52.4 Å². The van der Waals surface area contributed by atoms with Crippen LogP contribution in [0.3, 0.4) is 0 Å². The quantitative estimate of drug-likeness (QED) is 0.809. The van der Waals surface area contributed by atoms with E-state index in [0.29, 0.717) is 37.3 Å². The Labute approximate surface area is 163 Å². The molecule has 2 aliphatic heterocycles. The average molecular weight is 386 g/mol. The van der Waals surface area contributed by atoms with Crippen molar-refractivity contribution in [3.05, 3.63) is 36.0 Å². The number of rotatable bonds is 3. The van der Waals surface area contributed by atoms with Gasteiger partial charge in [-0.3, -0.25) is 4.98 Å². The zero-order chi connectivity index (χ0) is 19.7. The van der Waals surface area contributed by atoms with Gasteiger partial charge in [0.15, 0.2) is 0 Å². The molecule has 4 rings (SSSR count). The van der Waals surface area contributed by atoms with E-state index < -0.39 is 5.92 Å². The van der Waals surface area contributed by atoms with E-state index >= 15 is 0 Å². The molecule has 0 amide bonds. The molecule has 2 aliphatic rings. The number of hydrogen-bond donors (Lipinski definition) is 0. The van der Waals surface area contributed by atoms with Crippen molar-refractivity contribution >= 4 is 16.6 Å². The molecule has 1 aromatic heterocycles. The number of likely N-dealkylation sites (tertiary alicyclic amines) is 1. The van der Waals surface area contributed by atoms with Crippen LogP contribution in [0, 0.1) is 11.3 Å². The number of nitrogens with zero attached hydrogens (tertiary/aromatic N) is 4. The van der Waals surface area contributed by atoms with E-state index in [2.05, 4.69) is 20.9 Å². The molecule has 0 aliphatic carbocycles. The van der Waals surface area contributed by atoms with E-state index in [1.54, 1.807) is 6.20 Å². The summed E-state index contributed by atoms with van der Waals surface area (Å²) in [5.41, 5.74) is 2.30. The third-order valence-corrected chi connectivity index (χ3v) is 5.58. The number of nitriles is 1. The van der Waals surface area contributed by atoms with Crippen molar-refractivity contribution < 1.29 is 13.5 Å². The van der Waals surface area contributed by atoms with Gasteiger partial charge in [-0.15, -0.1) is 0 Å². The lowest BCUT2D eigenvalue weighted by Gasteiger charge is -2.41. The first-order chi connectivity index (χ1) is 13.4. The molecule has 0 bridgehead atoms. The molecule has 0 radical (unpaired) electrons. The van der Waals surface area contributed by atoms with E-state index in [9.17, 15) is 14.0 Å². The number of fused-ring (bicyclic) bond motifs is 1. The summed E-state index contributed by atoms with van der Waals surface area (Å²) in [7, 11) is 0. The number of aromatic nitrogens is 1. The van der Waals surface area contributed by atoms with Crippen LogP contribution in [0.1, 0.15) is 25.3 Å². The van der Waals surface area contributed by atoms with Gasteiger partial charge in [-0.2, -0.15) is 5.26 Å². The second kappa shape index (κ2) is 7.61. The van der Waals surface area contributed by atoms with Crippen LogP contribution >= 0.6 is 0 Å². The van der Waals surface area contributed by atoms with Gasteiger partial charge in [0.1, 0.15) is 6.07 Å². The highest BCUT2D eigenvalue weighted by Crippen LogP contribution is 2.31. The Balaban J connectivity index is 1.53. The highest BCUT2D eigenvalue weighted by molar-refractivity contribution is 5.95. The first kappa shape index (κ1) is 19.0. The summed E-state index contributed by atoms with van der Waals surface area (Å²) in [5, 5.41) is 10.3. The molecular formula is C21H24F2N4O. The first-order valence-corrected chi connectivity index (χ1v) is 9.73. The van der Waals surface area contributed by atoms with Crippen LogP contribution in [0.2, 0.25) is 0 Å². The molecule has 0 spiro atoms. The molecule has 7 heteroatoms. The van der Waals surface area contributed by atoms with Crippen molar-refractivity contribution in [1.82, 2.24) is 9.88 Å². The first-order valence-electron chi connectivity index (χ1n) is 9.73. The van der Waals surface area contributed by atoms with Gasteiger partial charge in [-0.1, -0.05) is 0 Å². The molecule has 2 fully saturated rings. The lowest BCUT2D eigenvalue weighted by molar-refractivity contribution is -0.0761. The van der Waals surface area contributed by atoms with Crippen molar-refractivity contribution in [2.45, 2.75) is 37.9 Å². The summed E-state index contributed by atoms with van der Waals surface area (Å²) in [6, 6.07) is 9.85. The van der Waals surface area contributed by atoms with E-state index in [0.717, 1.165) is 17.6 Å². The third kappa shape index (κ3) is 3.94. The third-order valence-electron chi connectivity index (χ3n) is 5.58. The number of anilines is 1. The van der Waals surface area contributed by atoms with Gasteiger partial charge in [0.05, 0.1) is 23.3 Å². The molecular weight excluding hydrogens is 362 g/mol. The number of piperidine rings is 1. The van der Waals surface area contributed by atoms with E-state index in [4.69, 9.17) is 4.74 Å². The predicted molar refractivity (Wildman–Crippen MR) is 104 cm³/mol. The van der Waals surface area contributed by atoms with Gasteiger partial charge in [0.25, 0.3) is 5.92 Å². The van der Waals surface area contributed by atoms with E-state index in [1.165, 1.54) is 0 Å². The predicted octanol–water partition coefficient (Wildman–Crippen LogP) is 3.43. The van der Waals surface area contributed by atoms with Gasteiger partial charge >= 0.3 is 0 Å². The van der Waals surface area contributed by atoms with Crippen molar-refractivity contribution in [3.8, 4) is 6.07 Å². The zero-order valence-electron chi connectivity index (χ0n) is 15.9. The minimum Gasteiger partial charge on any atom is -0.370 e. The number of benzene rings is 1. The summed E-state index contributed by atoms with van der Waals surface area (Å²) in [6.07, 6.45) is 1.53. The average Bonchev–Trinajstić information content (AvgIpc) is 2.68. The SMILES string of the molecule is C[C@@H]1CN(c2ccc(C#N)c3ncccc23)C[C@@H](CN2CCC(F)(F)CC2)O1. The van der Waals surface area contributed by atoms with Gasteiger partial charge < -0.3 is 14.5 Å². The summed E-state index contributed by atoms with van der Waals surface area (Å²) in [5.74, 6) is -2.53. The second-order valence-electron chi connectivity index (χ2n) is 7.77. The minimum absolute atomic E-state index is 0.0346. The Kier molecular flexibility index (Phi) is 5.17. The van der Waals surface area contributed by atoms with Gasteiger partial charge in [-0.25, -0.2) is 8.78 Å². The fourth-order valence-corrected chi connectivity index (χ4v) is 4.22. The van der Waals surface area contributed by atoms with Gasteiger partial charge in [-0.05, 0) is 31.2 Å². The maximum atomic E-state index is 13.4. The standard InChI is InChI=1S/C21H24F2N4O/c1-15-12-27(14-17(28-15)13-26-9-6-21(22,23)7-10-26)19-5-4-16(11-24)20-18(19)3-2-8-25-20/h2-5,8,15,17H,6-7,9-10,12-14H2,1H3/t15-,17-/m1/s1. The Morgan fingerprint density at radius 3 is 2.79 bits per heavy atom. The fourth-order valence-electron chi connectivity index (χ4n) is 4.22. The summed E-state index contributed by atoms with van der Waals surface area (Å²) in [4.78, 5) is 8.74. The molecule has 5 nitrogen and oxygen atoms in total. The number of hydrogen-bond acceptors (Lipinski definition) is 5. The number of morpholine rings is 1. The highest BCUT2D eigenvalue weighted by atomic mass is 19.3. The van der Waals surface area contributed by atoms with Crippen molar-refractivity contribution in [1.29, 1.82) is 5.26 Å². The molecule has 0 unspecified atom stereocenters. The maximum Gasteiger partial charge on any atom is 0.250 e. The second-order valence-corrected chi connectivity index (χ2v) is 7.77. The number of pyridine rings is 1. The summed E-state index contributed by atoms with van der Waals surface area (Å²) >= 11 is 0. The van der Waals surface area contributed by atoms with Crippen LogP contribution in [0.5, 0.6) is 0 Å². The number of alkyl halides is 2. The monoisotopic (exact) mass is 386 g/mol.